The highest BCUT2D eigenvalue weighted by Crippen LogP contribution is 2.30. The summed E-state index contributed by atoms with van der Waals surface area (Å²) in [5.41, 5.74) is -1.05. The molecule has 0 saturated carbocycles. The van der Waals surface area contributed by atoms with Gasteiger partial charge in [0.2, 0.25) is 0 Å². The van der Waals surface area contributed by atoms with E-state index in [-0.39, 0.29) is 37.0 Å². The second-order valence-corrected chi connectivity index (χ2v) is 15.2. The molecule has 1 spiro atoms. The molecule has 0 aromatic heterocycles. The van der Waals surface area contributed by atoms with E-state index in [0.29, 0.717) is 6.61 Å². The number of imide groups is 1. The number of nitrogens with one attached hydrogen (secondary N) is 1. The van der Waals surface area contributed by atoms with E-state index < -0.39 is 29.5 Å². The largest absolute Gasteiger partial charge is 0.361 e. The summed E-state index contributed by atoms with van der Waals surface area (Å²) in [4.78, 5) is 25.5. The lowest BCUT2D eigenvalue weighted by Crippen LogP contribution is -2.52. The Bertz CT molecular complexity index is 555. The summed E-state index contributed by atoms with van der Waals surface area (Å²) in [6.45, 7) is 7.13. The van der Waals surface area contributed by atoms with E-state index in [0.717, 1.165) is 10.9 Å². The number of amides is 3. The van der Waals surface area contributed by atoms with Crippen LogP contribution in [0.5, 0.6) is 0 Å². The van der Waals surface area contributed by atoms with Crippen LogP contribution in [0.15, 0.2) is 0 Å². The van der Waals surface area contributed by atoms with Crippen molar-refractivity contribution in [3.8, 4) is 0 Å². The van der Waals surface area contributed by atoms with Crippen LogP contribution in [-0.4, -0.2) is 63.7 Å². The van der Waals surface area contributed by atoms with Crippen LogP contribution >= 0.6 is 0 Å². The summed E-state index contributed by atoms with van der Waals surface area (Å²) in [6.07, 6.45) is 0.288. The van der Waals surface area contributed by atoms with Gasteiger partial charge in [0.25, 0.3) is 5.91 Å². The van der Waals surface area contributed by atoms with Crippen LogP contribution < -0.4 is 5.32 Å². The molecule has 0 atom stereocenters. The molecule has 7 nitrogen and oxygen atoms in total. The highest BCUT2D eigenvalue weighted by Gasteiger charge is 2.53. The van der Waals surface area contributed by atoms with Crippen molar-refractivity contribution in [2.45, 2.75) is 44.1 Å². The van der Waals surface area contributed by atoms with Crippen LogP contribution in [-0.2, 0) is 19.4 Å². The van der Waals surface area contributed by atoms with Gasteiger partial charge in [-0.05, 0) is 18.9 Å². The Labute approximate surface area is 132 Å². The Balaban J connectivity index is 1.92. The molecule has 9 heteroatoms. The minimum atomic E-state index is -3.09. The smallest absolute Gasteiger partial charge is 0.326 e. The second-order valence-electron chi connectivity index (χ2n) is 7.25. The quantitative estimate of drug-likeness (QED) is 0.451. The molecule has 0 radical (unpaired) electrons. The topological polar surface area (TPSA) is 92.8 Å². The second kappa shape index (κ2) is 5.93. The van der Waals surface area contributed by atoms with Gasteiger partial charge in [-0.3, -0.25) is 4.79 Å². The summed E-state index contributed by atoms with van der Waals surface area (Å²) in [7, 11) is -4.31. The Morgan fingerprint density at radius 2 is 1.82 bits per heavy atom. The van der Waals surface area contributed by atoms with E-state index >= 15 is 0 Å². The molecule has 2 saturated heterocycles. The molecule has 0 aliphatic carbocycles. The van der Waals surface area contributed by atoms with Gasteiger partial charge >= 0.3 is 6.03 Å². The molecule has 0 bridgehead atoms. The molecule has 0 aromatic rings. The fourth-order valence-electron chi connectivity index (χ4n) is 2.55. The van der Waals surface area contributed by atoms with Crippen molar-refractivity contribution in [2.24, 2.45) is 0 Å². The van der Waals surface area contributed by atoms with Gasteiger partial charge in [-0.2, -0.15) is 0 Å². The molecule has 126 valence electrons. The van der Waals surface area contributed by atoms with Crippen molar-refractivity contribution >= 4 is 29.8 Å². The summed E-state index contributed by atoms with van der Waals surface area (Å²) in [5.74, 6) is -0.493. The maximum atomic E-state index is 12.5. The average molecular weight is 348 g/mol. The molecule has 0 unspecified atom stereocenters. The zero-order chi connectivity index (χ0) is 16.6. The molecular weight excluding hydrogens is 324 g/mol. The minimum absolute atomic E-state index is 0.0658. The first kappa shape index (κ1) is 17.4. The maximum absolute atomic E-state index is 12.5. The van der Waals surface area contributed by atoms with Crippen LogP contribution in [0.4, 0.5) is 4.79 Å². The highest BCUT2D eigenvalue weighted by atomic mass is 32.2. The third kappa shape index (κ3) is 3.88. The Kier molecular flexibility index (Phi) is 4.70. The van der Waals surface area contributed by atoms with Crippen LogP contribution in [0.1, 0.15) is 12.8 Å². The lowest BCUT2D eigenvalue weighted by molar-refractivity contribution is -0.135. The predicted molar refractivity (Wildman–Crippen MR) is 85.0 cm³/mol. The van der Waals surface area contributed by atoms with Gasteiger partial charge in [0.05, 0.1) is 11.5 Å². The zero-order valence-corrected chi connectivity index (χ0v) is 15.2. The normalized spacial score (nSPS) is 23.9. The van der Waals surface area contributed by atoms with Crippen molar-refractivity contribution < 1.29 is 22.7 Å². The Morgan fingerprint density at radius 1 is 1.23 bits per heavy atom. The van der Waals surface area contributed by atoms with Crippen LogP contribution in [0.3, 0.4) is 0 Å². The third-order valence-electron chi connectivity index (χ3n) is 4.14. The maximum Gasteiger partial charge on any atom is 0.326 e. The molecule has 2 rings (SSSR count). The molecule has 3 amide bonds. The van der Waals surface area contributed by atoms with Crippen molar-refractivity contribution in [1.29, 1.82) is 0 Å². The van der Waals surface area contributed by atoms with Gasteiger partial charge in [0.15, 0.2) is 9.84 Å². The third-order valence-corrected chi connectivity index (χ3v) is 7.50. The lowest BCUT2D eigenvalue weighted by Gasteiger charge is -2.30. The van der Waals surface area contributed by atoms with Crippen molar-refractivity contribution in [1.82, 2.24) is 10.2 Å². The number of hydrogen-bond donors (Lipinski definition) is 1. The SMILES string of the molecule is C[Si](C)(C)CCOCN1C(=O)NC2(CCS(=O)(=O)CC2)C1=O. The Morgan fingerprint density at radius 3 is 2.36 bits per heavy atom. The van der Waals surface area contributed by atoms with Gasteiger partial charge in [0.1, 0.15) is 12.3 Å². The first-order chi connectivity index (χ1) is 10.0. The number of carbonyl (C=O) groups is 2. The molecule has 22 heavy (non-hydrogen) atoms. The van der Waals surface area contributed by atoms with Crippen molar-refractivity contribution in [2.75, 3.05) is 24.8 Å². The van der Waals surface area contributed by atoms with Crippen LogP contribution in [0.25, 0.3) is 0 Å². The Hall–Kier alpha value is -0.933. The molecule has 2 aliphatic heterocycles. The van der Waals surface area contributed by atoms with Crippen molar-refractivity contribution in [3.63, 3.8) is 0 Å². The number of nitrogens with zero attached hydrogens (tertiary/aromatic N) is 1. The fraction of sp³-hybridized carbons (Fsp3) is 0.846. The van der Waals surface area contributed by atoms with Crippen LogP contribution in [0.2, 0.25) is 25.7 Å². The number of urea groups is 1. The van der Waals surface area contributed by atoms with E-state index in [1.165, 1.54) is 0 Å². The van der Waals surface area contributed by atoms with Gasteiger partial charge in [0, 0.05) is 14.7 Å². The van der Waals surface area contributed by atoms with Gasteiger partial charge in [-0.15, -0.1) is 0 Å². The van der Waals surface area contributed by atoms with Crippen LogP contribution in [0, 0.1) is 0 Å². The molecular formula is C13H24N2O5SSi. The summed E-state index contributed by atoms with van der Waals surface area (Å²) in [5, 5.41) is 2.67. The summed E-state index contributed by atoms with van der Waals surface area (Å²) >= 11 is 0. The first-order valence-electron chi connectivity index (χ1n) is 7.47. The van der Waals surface area contributed by atoms with E-state index in [2.05, 4.69) is 25.0 Å². The molecule has 0 aromatic carbocycles. The van der Waals surface area contributed by atoms with E-state index in [1.807, 2.05) is 0 Å². The molecule has 1 N–H and O–H groups in total. The number of sulfone groups is 1. The standard InChI is InChI=1S/C13H24N2O5SSi/c1-22(2,3)9-6-20-10-15-11(16)13(14-12(15)17)4-7-21(18,19)8-5-13/h4-10H2,1-3H3,(H,14,17). The summed E-state index contributed by atoms with van der Waals surface area (Å²) < 4.78 is 28.5. The fourth-order valence-corrected chi connectivity index (χ4v) is 4.83. The van der Waals surface area contributed by atoms with E-state index in [4.69, 9.17) is 4.74 Å². The summed E-state index contributed by atoms with van der Waals surface area (Å²) in [6, 6.07) is 0.470. The monoisotopic (exact) mass is 348 g/mol. The van der Waals surface area contributed by atoms with E-state index in [9.17, 15) is 18.0 Å². The number of rotatable bonds is 5. The molecule has 2 fully saturated rings. The number of ether oxygens (including phenoxy) is 1. The van der Waals surface area contributed by atoms with Gasteiger partial charge in [-0.1, -0.05) is 19.6 Å². The average Bonchev–Trinajstić information content (AvgIpc) is 2.61. The van der Waals surface area contributed by atoms with Gasteiger partial charge in [-0.25, -0.2) is 18.1 Å². The molecule has 2 aliphatic rings. The number of hydrogen-bond acceptors (Lipinski definition) is 5. The minimum Gasteiger partial charge on any atom is -0.361 e. The van der Waals surface area contributed by atoms with Crippen molar-refractivity contribution in [3.05, 3.63) is 0 Å². The first-order valence-corrected chi connectivity index (χ1v) is 13.0. The number of carbonyl (C=O) groups excluding carboxylic acids is 2. The zero-order valence-electron chi connectivity index (χ0n) is 13.3. The van der Waals surface area contributed by atoms with E-state index in [1.54, 1.807) is 0 Å². The highest BCUT2D eigenvalue weighted by molar-refractivity contribution is 7.91. The lowest BCUT2D eigenvalue weighted by atomic mass is 9.92. The predicted octanol–water partition coefficient (Wildman–Crippen LogP) is 0.798. The molecule has 2 heterocycles. The van der Waals surface area contributed by atoms with Gasteiger partial charge < -0.3 is 10.1 Å².